The molecule has 0 radical (unpaired) electrons. The van der Waals surface area contributed by atoms with Crippen LogP contribution in [-0.2, 0) is 9.53 Å². The van der Waals surface area contributed by atoms with Gasteiger partial charge in [-0.15, -0.1) is 0 Å². The van der Waals surface area contributed by atoms with Gasteiger partial charge in [0, 0.05) is 0 Å². The Morgan fingerprint density at radius 2 is 1.86 bits per heavy atom. The van der Waals surface area contributed by atoms with Crippen molar-refractivity contribution in [2.24, 2.45) is 0 Å². The third-order valence-corrected chi connectivity index (χ3v) is 2.17. The van der Waals surface area contributed by atoms with E-state index in [4.69, 9.17) is 5.11 Å². The van der Waals surface area contributed by atoms with Crippen LogP contribution in [0.15, 0.2) is 0 Å². The van der Waals surface area contributed by atoms with E-state index in [-0.39, 0.29) is 6.29 Å². The Kier molecular flexibility index (Phi) is 3.20. The molecule has 1 aliphatic heterocycles. The molecule has 7 nitrogen and oxygen atoms in total. The monoisotopic (exact) mass is 208 g/mol. The first-order valence-corrected chi connectivity index (χ1v) is 3.98. The zero-order valence-corrected chi connectivity index (χ0v) is 7.15. The highest BCUT2D eigenvalue weighted by atomic mass is 16.7. The van der Waals surface area contributed by atoms with E-state index >= 15 is 0 Å². The van der Waals surface area contributed by atoms with Gasteiger partial charge in [-0.05, 0) is 0 Å². The molecule has 0 aromatic carbocycles. The fourth-order valence-corrected chi connectivity index (χ4v) is 1.28. The summed E-state index contributed by atoms with van der Waals surface area (Å²) in [7, 11) is 0. The van der Waals surface area contributed by atoms with Crippen LogP contribution < -0.4 is 0 Å². The van der Waals surface area contributed by atoms with Gasteiger partial charge in [0.1, 0.15) is 24.4 Å². The topological polar surface area (TPSA) is 127 Å². The lowest BCUT2D eigenvalue weighted by Crippen LogP contribution is -2.65. The highest BCUT2D eigenvalue weighted by Crippen LogP contribution is 2.26. The Hall–Kier alpha value is -0.570. The van der Waals surface area contributed by atoms with Crippen LogP contribution in [0.25, 0.3) is 0 Å². The van der Waals surface area contributed by atoms with Gasteiger partial charge in [-0.1, -0.05) is 0 Å². The quantitative estimate of drug-likeness (QED) is 0.296. The van der Waals surface area contributed by atoms with Crippen molar-refractivity contribution in [2.75, 3.05) is 6.61 Å². The molecule has 1 unspecified atom stereocenters. The minimum absolute atomic E-state index is 0.102. The number of carbonyl (C=O) groups is 1. The Labute approximate surface area is 79.2 Å². The van der Waals surface area contributed by atoms with Gasteiger partial charge in [0.2, 0.25) is 0 Å². The van der Waals surface area contributed by atoms with Crippen molar-refractivity contribution in [3.8, 4) is 0 Å². The fourth-order valence-electron chi connectivity index (χ4n) is 1.28. The van der Waals surface area contributed by atoms with Gasteiger partial charge in [-0.3, -0.25) is 4.79 Å². The predicted molar refractivity (Wildman–Crippen MR) is 41.0 cm³/mol. The minimum Gasteiger partial charge on any atom is -0.394 e. The lowest BCUT2D eigenvalue weighted by Gasteiger charge is -2.42. The Morgan fingerprint density at radius 1 is 1.29 bits per heavy atom. The molecule has 0 saturated carbocycles. The zero-order valence-electron chi connectivity index (χ0n) is 7.15. The number of rotatable bonds is 2. The zero-order chi connectivity index (χ0) is 10.9. The van der Waals surface area contributed by atoms with E-state index in [0.717, 1.165) is 0 Å². The molecule has 1 rings (SSSR count). The third-order valence-electron chi connectivity index (χ3n) is 2.17. The van der Waals surface area contributed by atoms with Crippen LogP contribution in [0.4, 0.5) is 0 Å². The summed E-state index contributed by atoms with van der Waals surface area (Å²) in [5.74, 6) is -2.59. The van der Waals surface area contributed by atoms with Crippen LogP contribution in [0.1, 0.15) is 0 Å². The van der Waals surface area contributed by atoms with E-state index in [2.05, 4.69) is 4.74 Å². The molecule has 5 atom stereocenters. The summed E-state index contributed by atoms with van der Waals surface area (Å²) in [5, 5.41) is 45.6. The van der Waals surface area contributed by atoms with E-state index in [0.29, 0.717) is 0 Å². The summed E-state index contributed by atoms with van der Waals surface area (Å²) in [4.78, 5) is 10.4. The average Bonchev–Trinajstić information content (AvgIpc) is 2.20. The van der Waals surface area contributed by atoms with Crippen LogP contribution in [0, 0.1) is 0 Å². The van der Waals surface area contributed by atoms with Crippen molar-refractivity contribution in [3.63, 3.8) is 0 Å². The predicted octanol–water partition coefficient (Wildman–Crippen LogP) is -3.65. The Morgan fingerprint density at radius 3 is 2.29 bits per heavy atom. The minimum atomic E-state index is -2.59. The molecule has 7 heteroatoms. The molecule has 82 valence electrons. The molecule has 0 spiro atoms. The number of aliphatic hydroxyl groups is 5. The first-order valence-electron chi connectivity index (χ1n) is 3.98. The highest BCUT2D eigenvalue weighted by Gasteiger charge is 2.52. The van der Waals surface area contributed by atoms with Crippen LogP contribution in [0.3, 0.4) is 0 Å². The van der Waals surface area contributed by atoms with E-state index < -0.39 is 36.8 Å². The van der Waals surface area contributed by atoms with Gasteiger partial charge < -0.3 is 30.3 Å². The number of hydrogen-bond donors (Lipinski definition) is 5. The lowest BCUT2D eigenvalue weighted by molar-refractivity contribution is -0.326. The molecule has 0 aromatic heterocycles. The van der Waals surface area contributed by atoms with E-state index in [1.165, 1.54) is 0 Å². The van der Waals surface area contributed by atoms with Crippen LogP contribution in [0.5, 0.6) is 0 Å². The maximum atomic E-state index is 10.4. The number of aldehydes is 1. The molecular formula is C7H12O7. The summed E-state index contributed by atoms with van der Waals surface area (Å²) >= 11 is 0. The maximum Gasteiger partial charge on any atom is 0.253 e. The summed E-state index contributed by atoms with van der Waals surface area (Å²) in [6.07, 6.45) is -6.68. The normalized spacial score (nSPS) is 48.9. The van der Waals surface area contributed by atoms with Crippen molar-refractivity contribution in [3.05, 3.63) is 0 Å². The summed E-state index contributed by atoms with van der Waals surface area (Å²) in [5.41, 5.74) is 0. The highest BCUT2D eigenvalue weighted by molar-refractivity contribution is 5.61. The molecule has 0 bridgehead atoms. The molecule has 5 N–H and O–H groups in total. The standard InChI is InChI=1S/C7H12O7/c8-1-3-4(10)5(11)6(12)7(13,2-9)14-3/h2-6,8,10-13H,1H2/t3-,4-,5+,6-,7?/m1/s1. The van der Waals surface area contributed by atoms with Crippen molar-refractivity contribution < 1.29 is 35.1 Å². The summed E-state index contributed by atoms with van der Waals surface area (Å²) < 4.78 is 4.54. The molecule has 0 aliphatic carbocycles. The Balaban J connectivity index is 2.89. The SMILES string of the molecule is O=CC1(O)O[C@H](CO)[C@@H](O)[C@H](O)[C@H]1O. The van der Waals surface area contributed by atoms with Crippen LogP contribution >= 0.6 is 0 Å². The second kappa shape index (κ2) is 3.89. The number of hydrogen-bond acceptors (Lipinski definition) is 7. The summed E-state index contributed by atoms with van der Waals surface area (Å²) in [6.45, 7) is -0.693. The average molecular weight is 208 g/mol. The van der Waals surface area contributed by atoms with Crippen LogP contribution in [-0.4, -0.2) is 68.6 Å². The van der Waals surface area contributed by atoms with Gasteiger partial charge in [0.05, 0.1) is 6.61 Å². The molecule has 1 saturated heterocycles. The van der Waals surface area contributed by atoms with Gasteiger partial charge >= 0.3 is 0 Å². The lowest BCUT2D eigenvalue weighted by atomic mass is 9.93. The van der Waals surface area contributed by atoms with Crippen molar-refractivity contribution in [2.45, 2.75) is 30.2 Å². The molecule has 1 fully saturated rings. The second-order valence-electron chi connectivity index (χ2n) is 3.13. The van der Waals surface area contributed by atoms with Crippen LogP contribution in [0.2, 0.25) is 0 Å². The van der Waals surface area contributed by atoms with Crippen molar-refractivity contribution in [1.82, 2.24) is 0 Å². The molecular weight excluding hydrogens is 196 g/mol. The van der Waals surface area contributed by atoms with Crippen molar-refractivity contribution >= 4 is 6.29 Å². The molecule has 1 heterocycles. The van der Waals surface area contributed by atoms with Gasteiger partial charge in [0.25, 0.3) is 5.79 Å². The van der Waals surface area contributed by atoms with E-state index in [1.54, 1.807) is 0 Å². The van der Waals surface area contributed by atoms with Gasteiger partial charge in [-0.2, -0.15) is 0 Å². The van der Waals surface area contributed by atoms with Crippen molar-refractivity contribution in [1.29, 1.82) is 0 Å². The molecule has 14 heavy (non-hydrogen) atoms. The number of ether oxygens (including phenoxy) is 1. The van der Waals surface area contributed by atoms with Gasteiger partial charge in [-0.25, -0.2) is 0 Å². The third kappa shape index (κ3) is 1.65. The second-order valence-corrected chi connectivity index (χ2v) is 3.13. The smallest absolute Gasteiger partial charge is 0.253 e. The molecule has 0 aromatic rings. The fraction of sp³-hybridized carbons (Fsp3) is 0.857. The first kappa shape index (κ1) is 11.5. The number of aliphatic hydroxyl groups excluding tert-OH is 4. The number of carbonyl (C=O) groups excluding carboxylic acids is 1. The Bertz CT molecular complexity index is 218. The molecule has 0 amide bonds. The summed E-state index contributed by atoms with van der Waals surface area (Å²) in [6, 6.07) is 0. The molecule has 1 aliphatic rings. The van der Waals surface area contributed by atoms with E-state index in [1.807, 2.05) is 0 Å². The van der Waals surface area contributed by atoms with Gasteiger partial charge in [0.15, 0.2) is 6.29 Å². The largest absolute Gasteiger partial charge is 0.394 e. The first-order chi connectivity index (χ1) is 6.46. The maximum absolute atomic E-state index is 10.4. The van der Waals surface area contributed by atoms with E-state index in [9.17, 15) is 25.2 Å².